The third kappa shape index (κ3) is 3.60. The van der Waals surface area contributed by atoms with E-state index in [0.717, 1.165) is 17.0 Å². The van der Waals surface area contributed by atoms with Crippen LogP contribution in [0.2, 0.25) is 0 Å². The molecule has 0 aliphatic carbocycles. The van der Waals surface area contributed by atoms with Crippen molar-refractivity contribution in [3.63, 3.8) is 0 Å². The molecule has 1 N–H and O–H groups in total. The molecule has 1 aromatic carbocycles. The molecule has 0 unspecified atom stereocenters. The van der Waals surface area contributed by atoms with E-state index in [4.69, 9.17) is 19.6 Å². The van der Waals surface area contributed by atoms with Crippen LogP contribution in [0.1, 0.15) is 23.4 Å². The number of aryl methyl sites for hydroxylation is 4. The predicted octanol–water partition coefficient (Wildman–Crippen LogP) is 1.41. The maximum absolute atomic E-state index is 13.2. The number of hydrogen-bond acceptors (Lipinski definition) is 6. The van der Waals surface area contributed by atoms with Gasteiger partial charge < -0.3 is 19.1 Å². The molecule has 33 heavy (non-hydrogen) atoms. The van der Waals surface area contributed by atoms with Gasteiger partial charge in [-0.2, -0.15) is 4.98 Å². The third-order valence-electron chi connectivity index (χ3n) is 6.24. The van der Waals surface area contributed by atoms with Gasteiger partial charge in [-0.15, -0.1) is 0 Å². The fourth-order valence-corrected chi connectivity index (χ4v) is 4.29. The second kappa shape index (κ2) is 8.78. The number of rotatable bonds is 8. The summed E-state index contributed by atoms with van der Waals surface area (Å²) in [5.41, 5.74) is 2.85. The molecule has 0 spiro atoms. The number of methoxy groups -OCH3 is 2. The molecule has 0 saturated carbocycles. The van der Waals surface area contributed by atoms with E-state index in [0.29, 0.717) is 47.8 Å². The topological polar surface area (TPSA) is 105 Å². The van der Waals surface area contributed by atoms with Crippen molar-refractivity contribution < 1.29 is 14.6 Å². The Kier molecular flexibility index (Phi) is 6.03. The molecule has 3 aromatic heterocycles. The van der Waals surface area contributed by atoms with E-state index in [1.807, 2.05) is 36.4 Å². The van der Waals surface area contributed by atoms with Crippen LogP contribution in [-0.4, -0.2) is 49.0 Å². The first-order valence-electron chi connectivity index (χ1n) is 10.8. The molecule has 0 saturated heterocycles. The molecule has 4 rings (SSSR count). The van der Waals surface area contributed by atoms with E-state index in [1.165, 1.54) is 9.13 Å². The molecule has 3 heterocycles. The summed E-state index contributed by atoms with van der Waals surface area (Å²) in [6.45, 7) is 4.63. The van der Waals surface area contributed by atoms with E-state index >= 15 is 0 Å². The van der Waals surface area contributed by atoms with Gasteiger partial charge in [0.2, 0.25) is 5.78 Å². The Morgan fingerprint density at radius 3 is 2.39 bits per heavy atom. The van der Waals surface area contributed by atoms with Crippen molar-refractivity contribution in [2.75, 3.05) is 20.8 Å². The van der Waals surface area contributed by atoms with E-state index in [1.54, 1.807) is 21.3 Å². The fraction of sp³-hybridized carbons (Fsp3) is 0.435. The quantitative estimate of drug-likeness (QED) is 0.431. The number of benzene rings is 1. The number of aliphatic hydroxyl groups is 1. The largest absolute Gasteiger partial charge is 0.493 e. The Morgan fingerprint density at radius 2 is 1.73 bits per heavy atom. The van der Waals surface area contributed by atoms with Gasteiger partial charge in [-0.25, -0.2) is 4.79 Å². The number of aliphatic hydroxyl groups excluding tert-OH is 1. The van der Waals surface area contributed by atoms with Gasteiger partial charge in [-0.3, -0.25) is 18.3 Å². The van der Waals surface area contributed by atoms with Gasteiger partial charge in [-0.1, -0.05) is 6.07 Å². The number of nitrogens with zero attached hydrogens (tertiary/aromatic N) is 5. The first-order valence-corrected chi connectivity index (χ1v) is 10.8. The van der Waals surface area contributed by atoms with Gasteiger partial charge in [0.25, 0.3) is 5.56 Å². The summed E-state index contributed by atoms with van der Waals surface area (Å²) < 4.78 is 17.2. The van der Waals surface area contributed by atoms with E-state index in [9.17, 15) is 9.59 Å². The summed E-state index contributed by atoms with van der Waals surface area (Å²) in [7, 11) is 4.83. The van der Waals surface area contributed by atoms with Crippen LogP contribution in [-0.2, 0) is 26.6 Å². The Labute approximate surface area is 190 Å². The van der Waals surface area contributed by atoms with Crippen LogP contribution in [0.5, 0.6) is 11.5 Å². The summed E-state index contributed by atoms with van der Waals surface area (Å²) in [4.78, 5) is 30.7. The van der Waals surface area contributed by atoms with Gasteiger partial charge in [0.15, 0.2) is 22.7 Å². The molecule has 0 radical (unpaired) electrons. The molecule has 10 heteroatoms. The van der Waals surface area contributed by atoms with Crippen LogP contribution in [0.3, 0.4) is 0 Å². The summed E-state index contributed by atoms with van der Waals surface area (Å²) >= 11 is 0. The highest BCUT2D eigenvalue weighted by atomic mass is 16.5. The minimum Gasteiger partial charge on any atom is -0.493 e. The molecule has 0 aliphatic heterocycles. The third-order valence-corrected chi connectivity index (χ3v) is 6.24. The lowest BCUT2D eigenvalue weighted by Gasteiger charge is -2.11. The van der Waals surface area contributed by atoms with Crippen LogP contribution in [0.15, 0.2) is 27.8 Å². The summed E-state index contributed by atoms with van der Waals surface area (Å²) in [6.07, 6.45) is 1.04. The highest BCUT2D eigenvalue weighted by molar-refractivity contribution is 5.76. The maximum Gasteiger partial charge on any atom is 0.332 e. The average Bonchev–Trinajstić information content (AvgIpc) is 3.32. The Bertz CT molecular complexity index is 1460. The van der Waals surface area contributed by atoms with Gasteiger partial charge in [0.05, 0.1) is 14.2 Å². The lowest BCUT2D eigenvalue weighted by Crippen LogP contribution is -2.39. The standard InChI is InChI=1S/C23H29N5O5/c1-14-15(2)28-19-20(25(3)23(31)27(21(19)30)10-6-12-29)24-22(28)26(14)11-9-16-7-8-17(32-4)18(13-16)33-5/h7-8,13,29H,6,9-12H2,1-5H3. The number of aromatic nitrogens is 5. The lowest BCUT2D eigenvalue weighted by molar-refractivity contribution is 0.277. The van der Waals surface area contributed by atoms with Crippen LogP contribution in [0.4, 0.5) is 0 Å². The number of imidazole rings is 2. The van der Waals surface area contributed by atoms with Crippen LogP contribution >= 0.6 is 0 Å². The number of hydrogen-bond donors (Lipinski definition) is 1. The molecule has 0 amide bonds. The Morgan fingerprint density at radius 1 is 1.00 bits per heavy atom. The van der Waals surface area contributed by atoms with Crippen molar-refractivity contribution in [2.45, 2.75) is 39.8 Å². The maximum atomic E-state index is 13.2. The fourth-order valence-electron chi connectivity index (χ4n) is 4.29. The molecule has 0 atom stereocenters. The molecular weight excluding hydrogens is 426 g/mol. The van der Waals surface area contributed by atoms with Crippen LogP contribution in [0, 0.1) is 13.8 Å². The molecular formula is C23H29N5O5. The molecule has 0 bridgehead atoms. The van der Waals surface area contributed by atoms with Crippen molar-refractivity contribution >= 4 is 16.9 Å². The molecule has 0 fully saturated rings. The van der Waals surface area contributed by atoms with E-state index in [2.05, 4.69) is 4.57 Å². The summed E-state index contributed by atoms with van der Waals surface area (Å²) in [5.74, 6) is 1.97. The lowest BCUT2D eigenvalue weighted by atomic mass is 10.1. The van der Waals surface area contributed by atoms with Crippen molar-refractivity contribution in [3.05, 3.63) is 56.0 Å². The van der Waals surface area contributed by atoms with Crippen molar-refractivity contribution in [2.24, 2.45) is 7.05 Å². The summed E-state index contributed by atoms with van der Waals surface area (Å²) in [6, 6.07) is 5.83. The van der Waals surface area contributed by atoms with Gasteiger partial charge in [0, 0.05) is 38.1 Å². The first-order chi connectivity index (χ1) is 15.8. The van der Waals surface area contributed by atoms with E-state index in [-0.39, 0.29) is 13.2 Å². The molecule has 4 aromatic rings. The highest BCUT2D eigenvalue weighted by Crippen LogP contribution is 2.28. The van der Waals surface area contributed by atoms with Gasteiger partial charge in [0.1, 0.15) is 0 Å². The minimum atomic E-state index is -0.437. The van der Waals surface area contributed by atoms with Crippen LogP contribution in [0.25, 0.3) is 16.9 Å². The molecule has 10 nitrogen and oxygen atoms in total. The minimum absolute atomic E-state index is 0.0971. The van der Waals surface area contributed by atoms with E-state index < -0.39 is 11.2 Å². The zero-order valence-corrected chi connectivity index (χ0v) is 19.6. The predicted molar refractivity (Wildman–Crippen MR) is 125 cm³/mol. The highest BCUT2D eigenvalue weighted by Gasteiger charge is 2.22. The van der Waals surface area contributed by atoms with Crippen molar-refractivity contribution in [1.82, 2.24) is 23.1 Å². The van der Waals surface area contributed by atoms with Gasteiger partial charge >= 0.3 is 5.69 Å². The molecule has 0 aliphatic rings. The second-order valence-electron chi connectivity index (χ2n) is 8.06. The van der Waals surface area contributed by atoms with Crippen molar-refractivity contribution in [3.8, 4) is 11.5 Å². The number of ether oxygens (including phenoxy) is 2. The summed E-state index contributed by atoms with van der Waals surface area (Å²) in [5, 5.41) is 9.16. The average molecular weight is 456 g/mol. The zero-order valence-electron chi connectivity index (χ0n) is 19.6. The Balaban J connectivity index is 1.82. The Hall–Kier alpha value is -3.53. The molecule has 176 valence electrons. The number of fused-ring (bicyclic) bond motifs is 3. The second-order valence-corrected chi connectivity index (χ2v) is 8.06. The van der Waals surface area contributed by atoms with Crippen LogP contribution < -0.4 is 20.7 Å². The first kappa shape index (κ1) is 22.7. The smallest absolute Gasteiger partial charge is 0.332 e. The van der Waals surface area contributed by atoms with Gasteiger partial charge in [-0.05, 0) is 44.4 Å². The van der Waals surface area contributed by atoms with Crippen molar-refractivity contribution in [1.29, 1.82) is 0 Å². The monoisotopic (exact) mass is 455 g/mol. The normalized spacial score (nSPS) is 11.6. The zero-order chi connectivity index (χ0) is 23.9. The SMILES string of the molecule is COc1ccc(CCn2c(C)c(C)n3c4c(=O)n(CCCO)c(=O)n(C)c4nc23)cc1OC.